The van der Waals surface area contributed by atoms with Crippen molar-refractivity contribution in [1.82, 2.24) is 0 Å². The largest absolute Gasteiger partial charge is 0.534 e. The van der Waals surface area contributed by atoms with Gasteiger partial charge >= 0.3 is 15.6 Å². The lowest BCUT2D eigenvalue weighted by molar-refractivity contribution is -0.344. The van der Waals surface area contributed by atoms with Crippen LogP contribution in [0.15, 0.2) is 11.3 Å². The minimum Gasteiger partial charge on any atom is -0.380 e. The van der Waals surface area contributed by atoms with Crippen molar-refractivity contribution in [2.24, 2.45) is 10.8 Å². The van der Waals surface area contributed by atoms with E-state index in [1.54, 1.807) is 20.8 Å². The maximum atomic E-state index is 12.7. The van der Waals surface area contributed by atoms with Gasteiger partial charge in [0.2, 0.25) is 0 Å². The molecule has 1 fully saturated rings. The van der Waals surface area contributed by atoms with Crippen LogP contribution in [0.4, 0.5) is 13.2 Å². The van der Waals surface area contributed by atoms with E-state index in [2.05, 4.69) is 4.18 Å². The quantitative estimate of drug-likeness (QED) is 0.546. The van der Waals surface area contributed by atoms with Gasteiger partial charge < -0.3 is 13.7 Å². The highest BCUT2D eigenvalue weighted by Crippen LogP contribution is 2.53. The molecule has 0 radical (unpaired) electrons. The van der Waals surface area contributed by atoms with Gasteiger partial charge in [0, 0.05) is 11.8 Å². The number of alkyl halides is 3. The molecule has 1 spiro atoms. The van der Waals surface area contributed by atoms with Crippen LogP contribution in [0.1, 0.15) is 47.5 Å². The van der Waals surface area contributed by atoms with Crippen molar-refractivity contribution < 1.29 is 35.2 Å². The van der Waals surface area contributed by atoms with Gasteiger partial charge in [-0.3, -0.25) is 0 Å². The van der Waals surface area contributed by atoms with Crippen molar-refractivity contribution >= 4 is 10.1 Å². The summed E-state index contributed by atoms with van der Waals surface area (Å²) < 4.78 is 77.4. The molecule has 1 saturated heterocycles. The smallest absolute Gasteiger partial charge is 0.380 e. The summed E-state index contributed by atoms with van der Waals surface area (Å²) in [5, 5.41) is 0. The van der Waals surface area contributed by atoms with Crippen LogP contribution >= 0.6 is 0 Å². The lowest BCUT2D eigenvalue weighted by atomic mass is 9.71. The van der Waals surface area contributed by atoms with E-state index >= 15 is 0 Å². The summed E-state index contributed by atoms with van der Waals surface area (Å²) in [5.41, 5.74) is -6.46. The van der Waals surface area contributed by atoms with Crippen molar-refractivity contribution in [3.05, 3.63) is 11.3 Å². The lowest BCUT2D eigenvalue weighted by Crippen LogP contribution is -2.58. The number of rotatable bonds is 2. The highest BCUT2D eigenvalue weighted by molar-refractivity contribution is 7.87. The average Bonchev–Trinajstić information content (AvgIpc) is 2.41. The Morgan fingerprint density at radius 1 is 1.08 bits per heavy atom. The molecule has 2 rings (SSSR count). The van der Waals surface area contributed by atoms with Gasteiger partial charge in [-0.1, -0.05) is 13.8 Å². The van der Waals surface area contributed by atoms with E-state index in [9.17, 15) is 21.6 Å². The average molecular weight is 372 g/mol. The van der Waals surface area contributed by atoms with Crippen LogP contribution in [-0.2, 0) is 23.8 Å². The fourth-order valence-electron chi connectivity index (χ4n) is 3.03. The van der Waals surface area contributed by atoms with Crippen LogP contribution in [-0.4, -0.2) is 32.9 Å². The molecule has 9 heteroatoms. The van der Waals surface area contributed by atoms with Gasteiger partial charge in [-0.2, -0.15) is 21.6 Å². The van der Waals surface area contributed by atoms with Gasteiger partial charge in [0.25, 0.3) is 0 Å². The SMILES string of the molecule is CC1=C(OS(=O)(=O)C(F)(F)F)C(C)(C)C2(CC1)OCC(C)(C)CO2. The Bertz CT molecular complexity index is 637. The van der Waals surface area contributed by atoms with E-state index in [1.165, 1.54) is 0 Å². The summed E-state index contributed by atoms with van der Waals surface area (Å²) in [7, 11) is -5.75. The third kappa shape index (κ3) is 3.17. The Morgan fingerprint density at radius 2 is 1.58 bits per heavy atom. The Balaban J connectivity index is 2.39. The molecule has 0 bridgehead atoms. The van der Waals surface area contributed by atoms with Crippen molar-refractivity contribution in [1.29, 1.82) is 0 Å². The fourth-order valence-corrected chi connectivity index (χ4v) is 3.69. The molecule has 1 aliphatic carbocycles. The van der Waals surface area contributed by atoms with Crippen LogP contribution in [0.5, 0.6) is 0 Å². The minimum absolute atomic E-state index is 0.226. The monoisotopic (exact) mass is 372 g/mol. The van der Waals surface area contributed by atoms with E-state index in [1.807, 2.05) is 13.8 Å². The first-order chi connectivity index (χ1) is 10.6. The molecule has 0 N–H and O–H groups in total. The van der Waals surface area contributed by atoms with Crippen LogP contribution in [0.25, 0.3) is 0 Å². The Hall–Kier alpha value is -0.800. The molecular formula is C15H23F3O5S. The second-order valence-electron chi connectivity index (χ2n) is 7.71. The van der Waals surface area contributed by atoms with Crippen LogP contribution in [0.3, 0.4) is 0 Å². The highest BCUT2D eigenvalue weighted by atomic mass is 32.2. The maximum absolute atomic E-state index is 12.7. The third-order valence-corrected chi connectivity index (χ3v) is 5.56. The summed E-state index contributed by atoms with van der Waals surface area (Å²) in [6.45, 7) is 9.32. The van der Waals surface area contributed by atoms with Crippen molar-refractivity contribution in [3.8, 4) is 0 Å². The van der Waals surface area contributed by atoms with E-state index in [0.717, 1.165) is 0 Å². The van der Waals surface area contributed by atoms with E-state index in [0.29, 0.717) is 31.6 Å². The summed E-state index contributed by atoms with van der Waals surface area (Å²) in [4.78, 5) is 0. The zero-order valence-electron chi connectivity index (χ0n) is 14.4. The van der Waals surface area contributed by atoms with Crippen molar-refractivity contribution in [2.75, 3.05) is 13.2 Å². The molecule has 1 aliphatic heterocycles. The Labute approximate surface area is 140 Å². The standard InChI is InChI=1S/C15H23F3O5S/c1-10-6-7-14(21-8-12(2,3)9-22-14)13(4,5)11(10)23-24(19,20)15(16,17)18/h6-9H2,1-5H3. The Kier molecular flexibility index (Phi) is 4.56. The van der Waals surface area contributed by atoms with Crippen molar-refractivity contribution in [2.45, 2.75) is 58.8 Å². The summed E-state index contributed by atoms with van der Waals surface area (Å²) in [6.07, 6.45) is 0.743. The molecule has 24 heavy (non-hydrogen) atoms. The second-order valence-corrected chi connectivity index (χ2v) is 9.25. The third-order valence-electron chi connectivity index (χ3n) is 4.61. The summed E-state index contributed by atoms with van der Waals surface area (Å²) in [5.74, 6) is -1.47. The van der Waals surface area contributed by atoms with Gasteiger partial charge in [0.05, 0.1) is 18.6 Å². The minimum atomic E-state index is -5.75. The van der Waals surface area contributed by atoms with E-state index in [-0.39, 0.29) is 11.2 Å². The molecule has 0 aromatic carbocycles. The van der Waals surface area contributed by atoms with Gasteiger partial charge in [0.15, 0.2) is 5.79 Å². The van der Waals surface area contributed by atoms with Gasteiger partial charge in [-0.25, -0.2) is 0 Å². The zero-order valence-corrected chi connectivity index (χ0v) is 15.2. The first-order valence-electron chi connectivity index (χ1n) is 7.63. The van der Waals surface area contributed by atoms with Crippen LogP contribution < -0.4 is 0 Å². The van der Waals surface area contributed by atoms with Crippen LogP contribution in [0, 0.1) is 10.8 Å². The molecule has 0 unspecified atom stereocenters. The maximum Gasteiger partial charge on any atom is 0.534 e. The fraction of sp³-hybridized carbons (Fsp3) is 0.867. The molecule has 5 nitrogen and oxygen atoms in total. The number of halogens is 3. The molecular weight excluding hydrogens is 349 g/mol. The van der Waals surface area contributed by atoms with E-state index in [4.69, 9.17) is 9.47 Å². The Morgan fingerprint density at radius 3 is 2.04 bits per heavy atom. The molecule has 0 aromatic rings. The second kappa shape index (κ2) is 5.60. The molecule has 0 amide bonds. The van der Waals surface area contributed by atoms with Gasteiger partial charge in [0.1, 0.15) is 5.76 Å². The van der Waals surface area contributed by atoms with E-state index < -0.39 is 26.8 Å². The number of ether oxygens (including phenoxy) is 2. The topological polar surface area (TPSA) is 61.8 Å². The molecule has 1 heterocycles. The highest BCUT2D eigenvalue weighted by Gasteiger charge is 2.59. The van der Waals surface area contributed by atoms with Gasteiger partial charge in [-0.05, 0) is 32.8 Å². The lowest BCUT2D eigenvalue weighted by Gasteiger charge is -2.53. The number of allylic oxidation sites excluding steroid dienone is 1. The van der Waals surface area contributed by atoms with Crippen LogP contribution in [0.2, 0.25) is 0 Å². The van der Waals surface area contributed by atoms with Crippen molar-refractivity contribution in [3.63, 3.8) is 0 Å². The molecule has 2 aliphatic rings. The predicted molar refractivity (Wildman–Crippen MR) is 80.2 cm³/mol. The normalized spacial score (nSPS) is 26.5. The first-order valence-corrected chi connectivity index (χ1v) is 9.03. The van der Waals surface area contributed by atoms with Gasteiger partial charge in [-0.15, -0.1) is 0 Å². The zero-order chi connectivity index (χ0) is 18.6. The molecule has 0 aromatic heterocycles. The first kappa shape index (κ1) is 19.5. The number of hydrogen-bond donors (Lipinski definition) is 0. The number of hydrogen-bond acceptors (Lipinski definition) is 5. The predicted octanol–water partition coefficient (Wildman–Crippen LogP) is 3.72. The summed E-state index contributed by atoms with van der Waals surface area (Å²) in [6, 6.07) is 0. The molecule has 0 saturated carbocycles. The molecule has 140 valence electrons. The molecule has 0 atom stereocenters. The summed E-state index contributed by atoms with van der Waals surface area (Å²) >= 11 is 0.